The number of carbonyl (C=O) groups is 1. The molecule has 0 spiro atoms. The lowest BCUT2D eigenvalue weighted by Gasteiger charge is -2.33. The number of hydrogen-bond acceptors (Lipinski definition) is 4. The van der Waals surface area contributed by atoms with Gasteiger partial charge in [-0.3, -0.25) is 4.79 Å². The zero-order valence-corrected chi connectivity index (χ0v) is 13.1. The Hall–Kier alpha value is -2.37. The summed E-state index contributed by atoms with van der Waals surface area (Å²) in [4.78, 5) is 23.1. The fourth-order valence-corrected chi connectivity index (χ4v) is 3.09. The molecule has 0 aromatic carbocycles. The van der Waals surface area contributed by atoms with Gasteiger partial charge in [-0.25, -0.2) is 9.97 Å². The quantitative estimate of drug-likeness (QED) is 0.941. The molecular weight excluding hydrogens is 290 g/mol. The van der Waals surface area contributed by atoms with Crippen molar-refractivity contribution in [2.24, 2.45) is 0 Å². The molecular formula is C17H21N5O. The number of rotatable bonds is 4. The van der Waals surface area contributed by atoms with Gasteiger partial charge in [-0.1, -0.05) is 0 Å². The van der Waals surface area contributed by atoms with Crippen molar-refractivity contribution in [2.75, 3.05) is 18.4 Å². The van der Waals surface area contributed by atoms with Crippen LogP contribution in [0.3, 0.4) is 0 Å². The van der Waals surface area contributed by atoms with Crippen molar-refractivity contribution in [1.29, 1.82) is 0 Å². The van der Waals surface area contributed by atoms with Gasteiger partial charge in [0.05, 0.1) is 17.9 Å². The van der Waals surface area contributed by atoms with E-state index in [9.17, 15) is 4.79 Å². The molecule has 0 unspecified atom stereocenters. The van der Waals surface area contributed by atoms with Gasteiger partial charge in [-0.05, 0) is 37.8 Å². The summed E-state index contributed by atoms with van der Waals surface area (Å²) < 4.78 is 2.10. The molecule has 1 aliphatic carbocycles. The summed E-state index contributed by atoms with van der Waals surface area (Å²) in [7, 11) is 0. The largest absolute Gasteiger partial charge is 0.367 e. The Morgan fingerprint density at radius 2 is 2.17 bits per heavy atom. The van der Waals surface area contributed by atoms with Crippen LogP contribution in [-0.4, -0.2) is 44.5 Å². The van der Waals surface area contributed by atoms with Crippen LogP contribution in [-0.2, 0) is 0 Å². The molecule has 0 radical (unpaired) electrons. The third-order valence-corrected chi connectivity index (χ3v) is 4.57. The lowest BCUT2D eigenvalue weighted by Crippen LogP contribution is -2.40. The molecule has 2 aromatic rings. The first-order valence-corrected chi connectivity index (χ1v) is 8.29. The van der Waals surface area contributed by atoms with E-state index in [2.05, 4.69) is 19.9 Å². The fraction of sp³-hybridized carbons (Fsp3) is 0.471. The van der Waals surface area contributed by atoms with Crippen molar-refractivity contribution >= 4 is 11.7 Å². The number of anilines is 1. The van der Waals surface area contributed by atoms with Crippen molar-refractivity contribution in [3.05, 3.63) is 42.6 Å². The smallest absolute Gasteiger partial charge is 0.255 e. The fourth-order valence-electron chi connectivity index (χ4n) is 3.09. The molecule has 2 aliphatic rings. The summed E-state index contributed by atoms with van der Waals surface area (Å²) in [5.41, 5.74) is 0.664. The van der Waals surface area contributed by atoms with E-state index in [1.807, 2.05) is 29.6 Å². The lowest BCUT2D eigenvalue weighted by molar-refractivity contribution is 0.0679. The lowest BCUT2D eigenvalue weighted by atomic mass is 10.0. The van der Waals surface area contributed by atoms with Crippen LogP contribution in [0.4, 0.5) is 5.82 Å². The third kappa shape index (κ3) is 3.21. The van der Waals surface area contributed by atoms with Crippen molar-refractivity contribution in [1.82, 2.24) is 19.4 Å². The zero-order valence-electron chi connectivity index (χ0n) is 13.1. The summed E-state index contributed by atoms with van der Waals surface area (Å²) in [5.74, 6) is 0.930. The standard InChI is InChI=1S/C17H21N5O/c23-17(13-3-6-16(19-10-13)20-14-4-5-14)21-8-1-2-15(11-21)22-9-7-18-12-22/h3,6-7,9-10,12,14-15H,1-2,4-5,8,11H2,(H,19,20)/t15-/m1/s1. The van der Waals surface area contributed by atoms with Crippen LogP contribution < -0.4 is 5.32 Å². The van der Waals surface area contributed by atoms with Crippen LogP contribution in [0.5, 0.6) is 0 Å². The van der Waals surface area contributed by atoms with Crippen molar-refractivity contribution in [2.45, 2.75) is 37.8 Å². The minimum absolute atomic E-state index is 0.0697. The molecule has 23 heavy (non-hydrogen) atoms. The average molecular weight is 311 g/mol. The van der Waals surface area contributed by atoms with Gasteiger partial charge < -0.3 is 14.8 Å². The van der Waals surface area contributed by atoms with E-state index in [4.69, 9.17) is 0 Å². The van der Waals surface area contributed by atoms with Crippen molar-refractivity contribution in [3.63, 3.8) is 0 Å². The number of pyridine rings is 1. The summed E-state index contributed by atoms with van der Waals surface area (Å²) in [6.45, 7) is 1.55. The average Bonchev–Trinajstić information content (AvgIpc) is 3.24. The first-order valence-electron chi connectivity index (χ1n) is 8.29. The number of nitrogens with zero attached hydrogens (tertiary/aromatic N) is 4. The second-order valence-electron chi connectivity index (χ2n) is 6.41. The van der Waals surface area contributed by atoms with Crippen LogP contribution in [0, 0.1) is 0 Å². The van der Waals surface area contributed by atoms with E-state index in [-0.39, 0.29) is 5.91 Å². The SMILES string of the molecule is O=C(c1ccc(NC2CC2)nc1)N1CCC[C@@H](n2ccnc2)C1. The van der Waals surface area contributed by atoms with Crippen molar-refractivity contribution < 1.29 is 4.79 Å². The van der Waals surface area contributed by atoms with Gasteiger partial charge in [-0.2, -0.15) is 0 Å². The zero-order chi connectivity index (χ0) is 15.6. The van der Waals surface area contributed by atoms with Crippen LogP contribution >= 0.6 is 0 Å². The summed E-state index contributed by atoms with van der Waals surface area (Å²) >= 11 is 0. The summed E-state index contributed by atoms with van der Waals surface area (Å²) in [5, 5.41) is 3.34. The molecule has 4 rings (SSSR count). The van der Waals surface area contributed by atoms with Gasteiger partial charge in [0, 0.05) is 37.7 Å². The van der Waals surface area contributed by atoms with E-state index in [1.54, 1.807) is 12.4 Å². The molecule has 1 saturated heterocycles. The molecule has 3 heterocycles. The first kappa shape index (κ1) is 14.2. The Morgan fingerprint density at radius 3 is 2.87 bits per heavy atom. The van der Waals surface area contributed by atoms with Crippen molar-refractivity contribution in [3.8, 4) is 0 Å². The summed E-state index contributed by atoms with van der Waals surface area (Å²) in [6.07, 6.45) is 11.8. The Morgan fingerprint density at radius 1 is 1.26 bits per heavy atom. The van der Waals surface area contributed by atoms with E-state index in [0.717, 1.165) is 31.7 Å². The number of imidazole rings is 1. The monoisotopic (exact) mass is 311 g/mol. The Kier molecular flexibility index (Phi) is 3.73. The van der Waals surface area contributed by atoms with E-state index in [1.165, 1.54) is 12.8 Å². The molecule has 1 N–H and O–H groups in total. The maximum absolute atomic E-state index is 12.7. The maximum Gasteiger partial charge on any atom is 0.255 e. The van der Waals surface area contributed by atoms with Gasteiger partial charge in [0.1, 0.15) is 5.82 Å². The molecule has 1 amide bonds. The van der Waals surface area contributed by atoms with Crippen LogP contribution in [0.15, 0.2) is 37.1 Å². The molecule has 6 nitrogen and oxygen atoms in total. The van der Waals surface area contributed by atoms with E-state index in [0.29, 0.717) is 17.6 Å². The molecule has 1 saturated carbocycles. The second kappa shape index (κ2) is 6.02. The highest BCUT2D eigenvalue weighted by Gasteiger charge is 2.26. The van der Waals surface area contributed by atoms with Crippen LogP contribution in [0.25, 0.3) is 0 Å². The summed E-state index contributed by atoms with van der Waals surface area (Å²) in [6, 6.07) is 4.67. The highest BCUT2D eigenvalue weighted by atomic mass is 16.2. The molecule has 120 valence electrons. The number of nitrogens with one attached hydrogen (secondary N) is 1. The number of carbonyl (C=O) groups excluding carboxylic acids is 1. The van der Waals surface area contributed by atoms with Gasteiger partial charge in [0.15, 0.2) is 0 Å². The molecule has 1 aliphatic heterocycles. The molecule has 2 aromatic heterocycles. The number of piperidine rings is 1. The number of likely N-dealkylation sites (tertiary alicyclic amines) is 1. The van der Waals surface area contributed by atoms with Crippen LogP contribution in [0.2, 0.25) is 0 Å². The normalized spacial score (nSPS) is 21.2. The molecule has 1 atom stereocenters. The first-order chi connectivity index (χ1) is 11.3. The maximum atomic E-state index is 12.7. The molecule has 0 bridgehead atoms. The van der Waals surface area contributed by atoms with Gasteiger partial charge in [0.2, 0.25) is 0 Å². The Labute approximate surface area is 135 Å². The Balaban J connectivity index is 1.43. The Bertz CT molecular complexity index is 663. The predicted octanol–water partition coefficient (Wildman–Crippen LogP) is 2.33. The number of amides is 1. The highest BCUT2D eigenvalue weighted by Crippen LogP contribution is 2.25. The van der Waals surface area contributed by atoms with Crippen LogP contribution in [0.1, 0.15) is 42.1 Å². The van der Waals surface area contributed by atoms with Gasteiger partial charge in [0.25, 0.3) is 5.91 Å². The second-order valence-corrected chi connectivity index (χ2v) is 6.41. The molecule has 6 heteroatoms. The van der Waals surface area contributed by atoms with E-state index < -0.39 is 0 Å². The van der Waals surface area contributed by atoms with E-state index >= 15 is 0 Å². The number of aromatic nitrogens is 3. The minimum atomic E-state index is 0.0697. The van der Waals surface area contributed by atoms with Gasteiger partial charge in [-0.15, -0.1) is 0 Å². The predicted molar refractivity (Wildman–Crippen MR) is 87.3 cm³/mol. The highest BCUT2D eigenvalue weighted by molar-refractivity contribution is 5.94. The molecule has 2 fully saturated rings. The third-order valence-electron chi connectivity index (χ3n) is 4.57. The minimum Gasteiger partial charge on any atom is -0.367 e. The topological polar surface area (TPSA) is 63.1 Å². The number of hydrogen-bond donors (Lipinski definition) is 1. The van der Waals surface area contributed by atoms with Gasteiger partial charge >= 0.3 is 0 Å².